The summed E-state index contributed by atoms with van der Waals surface area (Å²) in [5, 5.41) is 0.321. The van der Waals surface area contributed by atoms with Crippen LogP contribution in [0.4, 0.5) is 0 Å². The van der Waals surface area contributed by atoms with Crippen LogP contribution in [-0.2, 0) is 4.79 Å². The van der Waals surface area contributed by atoms with E-state index in [2.05, 4.69) is 13.8 Å². The van der Waals surface area contributed by atoms with Crippen molar-refractivity contribution in [1.29, 1.82) is 0 Å². The highest BCUT2D eigenvalue weighted by Gasteiger charge is 2.04. The van der Waals surface area contributed by atoms with Crippen LogP contribution in [0, 0.1) is 5.92 Å². The Kier molecular flexibility index (Phi) is 9.69. The lowest BCUT2D eigenvalue weighted by Crippen LogP contribution is -2.00. The smallest absolute Gasteiger partial charge is 0.189 e. The minimum Gasteiger partial charge on any atom is -0.287 e. The van der Waals surface area contributed by atoms with E-state index in [0.29, 0.717) is 23.3 Å². The first-order valence-corrected chi connectivity index (χ1v) is 7.13. The molecule has 78 valence electrons. The number of halogens is 1. The van der Waals surface area contributed by atoms with Crippen molar-refractivity contribution in [1.82, 2.24) is 0 Å². The van der Waals surface area contributed by atoms with Crippen molar-refractivity contribution >= 4 is 40.2 Å². The van der Waals surface area contributed by atoms with Gasteiger partial charge in [-0.2, -0.15) is 11.8 Å². The molecule has 0 aromatic carbocycles. The van der Waals surface area contributed by atoms with E-state index in [1.165, 1.54) is 11.8 Å². The Labute approximate surface area is 94.4 Å². The fourth-order valence-corrected chi connectivity index (χ4v) is 2.89. The molecule has 1 nitrogen and oxygen atoms in total. The van der Waals surface area contributed by atoms with Crippen LogP contribution in [-0.4, -0.2) is 28.3 Å². The van der Waals surface area contributed by atoms with Crippen molar-refractivity contribution in [3.8, 4) is 0 Å². The molecule has 0 aromatic heterocycles. The SMILES string of the molecule is CC(C)CC(=O)SCCSCCCl. The Bertz CT molecular complexity index is 140. The summed E-state index contributed by atoms with van der Waals surface area (Å²) in [5.74, 6) is 4.12. The molecule has 0 amide bonds. The predicted octanol–water partition coefficient (Wildman–Crippen LogP) is 3.26. The van der Waals surface area contributed by atoms with Gasteiger partial charge in [0.1, 0.15) is 0 Å². The molecule has 0 unspecified atom stereocenters. The number of alkyl halides is 1. The first-order valence-electron chi connectivity index (χ1n) is 4.46. The van der Waals surface area contributed by atoms with Gasteiger partial charge in [0.05, 0.1) is 0 Å². The molecule has 0 saturated heterocycles. The highest BCUT2D eigenvalue weighted by atomic mass is 35.5. The molecule has 0 aromatic rings. The van der Waals surface area contributed by atoms with E-state index in [1.54, 1.807) is 0 Å². The first-order chi connectivity index (χ1) is 6.16. The van der Waals surface area contributed by atoms with Gasteiger partial charge in [0.15, 0.2) is 5.12 Å². The van der Waals surface area contributed by atoms with E-state index in [-0.39, 0.29) is 0 Å². The van der Waals surface area contributed by atoms with Crippen LogP contribution in [0.25, 0.3) is 0 Å². The molecule has 0 aliphatic heterocycles. The molecule has 0 saturated carbocycles. The maximum atomic E-state index is 11.2. The van der Waals surface area contributed by atoms with Gasteiger partial charge in [0, 0.05) is 29.6 Å². The second kappa shape index (κ2) is 9.22. The fraction of sp³-hybridized carbons (Fsp3) is 0.889. The summed E-state index contributed by atoms with van der Waals surface area (Å²) in [5.41, 5.74) is 0. The van der Waals surface area contributed by atoms with E-state index in [4.69, 9.17) is 11.6 Å². The normalized spacial score (nSPS) is 10.8. The quantitative estimate of drug-likeness (QED) is 0.502. The van der Waals surface area contributed by atoms with E-state index >= 15 is 0 Å². The minimum atomic E-state index is 0.321. The van der Waals surface area contributed by atoms with Crippen LogP contribution >= 0.6 is 35.1 Å². The fourth-order valence-electron chi connectivity index (χ4n) is 0.763. The summed E-state index contributed by atoms with van der Waals surface area (Å²) in [7, 11) is 0. The largest absolute Gasteiger partial charge is 0.287 e. The zero-order valence-electron chi connectivity index (χ0n) is 8.22. The highest BCUT2D eigenvalue weighted by Crippen LogP contribution is 2.13. The highest BCUT2D eigenvalue weighted by molar-refractivity contribution is 8.14. The average molecular weight is 241 g/mol. The molecule has 13 heavy (non-hydrogen) atoms. The summed E-state index contributed by atoms with van der Waals surface area (Å²) in [6.07, 6.45) is 0.699. The standard InChI is InChI=1S/C9H17ClOS2/c1-8(2)7-9(11)13-6-5-12-4-3-10/h8H,3-7H2,1-2H3. The summed E-state index contributed by atoms with van der Waals surface area (Å²) in [6.45, 7) is 4.14. The molecule has 0 aliphatic carbocycles. The summed E-state index contributed by atoms with van der Waals surface area (Å²) in [6, 6.07) is 0. The number of carbonyl (C=O) groups excluding carboxylic acids is 1. The molecular formula is C9H17ClOS2. The maximum Gasteiger partial charge on any atom is 0.189 e. The van der Waals surface area contributed by atoms with Crippen molar-refractivity contribution in [2.24, 2.45) is 5.92 Å². The van der Waals surface area contributed by atoms with Gasteiger partial charge in [-0.15, -0.1) is 11.6 Å². The molecule has 0 radical (unpaired) electrons. The lowest BCUT2D eigenvalue weighted by atomic mass is 10.2. The second-order valence-corrected chi connectivity index (χ2v) is 5.87. The monoisotopic (exact) mass is 240 g/mol. The van der Waals surface area contributed by atoms with Crippen molar-refractivity contribution in [3.05, 3.63) is 0 Å². The molecular weight excluding hydrogens is 224 g/mol. The van der Waals surface area contributed by atoms with Crippen molar-refractivity contribution in [3.63, 3.8) is 0 Å². The maximum absolute atomic E-state index is 11.2. The third-order valence-corrected chi connectivity index (χ3v) is 3.84. The Morgan fingerprint density at radius 3 is 2.54 bits per heavy atom. The van der Waals surface area contributed by atoms with Crippen molar-refractivity contribution in [2.75, 3.05) is 23.1 Å². The van der Waals surface area contributed by atoms with E-state index in [0.717, 1.165) is 17.3 Å². The Balaban J connectivity index is 3.17. The lowest BCUT2D eigenvalue weighted by Gasteiger charge is -2.02. The van der Waals surface area contributed by atoms with Gasteiger partial charge in [0.25, 0.3) is 0 Å². The lowest BCUT2D eigenvalue weighted by molar-refractivity contribution is -0.111. The zero-order chi connectivity index (χ0) is 10.1. The molecule has 0 fully saturated rings. The third-order valence-electron chi connectivity index (χ3n) is 1.29. The van der Waals surface area contributed by atoms with Gasteiger partial charge in [-0.05, 0) is 5.92 Å². The molecule has 0 N–H and O–H groups in total. The van der Waals surface area contributed by atoms with Crippen LogP contribution in [0.1, 0.15) is 20.3 Å². The average Bonchev–Trinajstić information content (AvgIpc) is 2.02. The van der Waals surface area contributed by atoms with Crippen LogP contribution in [0.3, 0.4) is 0 Å². The molecule has 0 heterocycles. The molecule has 0 spiro atoms. The van der Waals surface area contributed by atoms with E-state index in [9.17, 15) is 4.79 Å². The molecule has 0 bridgehead atoms. The third kappa shape index (κ3) is 10.6. The zero-order valence-corrected chi connectivity index (χ0v) is 10.6. The van der Waals surface area contributed by atoms with Gasteiger partial charge in [-0.3, -0.25) is 4.79 Å². The van der Waals surface area contributed by atoms with Gasteiger partial charge in [0.2, 0.25) is 0 Å². The molecule has 0 aliphatic rings. The topological polar surface area (TPSA) is 17.1 Å². The van der Waals surface area contributed by atoms with Crippen LogP contribution in [0.2, 0.25) is 0 Å². The number of thioether (sulfide) groups is 2. The predicted molar refractivity (Wildman–Crippen MR) is 65.0 cm³/mol. The molecule has 4 heteroatoms. The summed E-state index contributed by atoms with van der Waals surface area (Å²) >= 11 is 8.78. The van der Waals surface area contributed by atoms with Crippen LogP contribution in [0.15, 0.2) is 0 Å². The minimum absolute atomic E-state index is 0.321. The first kappa shape index (κ1) is 13.7. The van der Waals surface area contributed by atoms with E-state index in [1.807, 2.05) is 11.8 Å². The molecule has 0 rings (SSSR count). The van der Waals surface area contributed by atoms with Crippen LogP contribution < -0.4 is 0 Å². The van der Waals surface area contributed by atoms with Crippen LogP contribution in [0.5, 0.6) is 0 Å². The number of rotatable bonds is 7. The van der Waals surface area contributed by atoms with Crippen molar-refractivity contribution < 1.29 is 4.79 Å². The Morgan fingerprint density at radius 2 is 2.00 bits per heavy atom. The van der Waals surface area contributed by atoms with E-state index < -0.39 is 0 Å². The van der Waals surface area contributed by atoms with Crippen molar-refractivity contribution in [2.45, 2.75) is 20.3 Å². The van der Waals surface area contributed by atoms with Gasteiger partial charge in [-0.1, -0.05) is 25.6 Å². The number of hydrogen-bond donors (Lipinski definition) is 0. The molecule has 0 atom stereocenters. The van der Waals surface area contributed by atoms with Gasteiger partial charge >= 0.3 is 0 Å². The Hall–Kier alpha value is 0.660. The van der Waals surface area contributed by atoms with Gasteiger partial charge < -0.3 is 0 Å². The second-order valence-electron chi connectivity index (χ2n) is 3.12. The Morgan fingerprint density at radius 1 is 1.31 bits per heavy atom. The summed E-state index contributed by atoms with van der Waals surface area (Å²) < 4.78 is 0. The number of carbonyl (C=O) groups is 1. The van der Waals surface area contributed by atoms with Gasteiger partial charge in [-0.25, -0.2) is 0 Å². The summed E-state index contributed by atoms with van der Waals surface area (Å²) in [4.78, 5) is 11.2. The number of hydrogen-bond acceptors (Lipinski definition) is 3.